The maximum Gasteiger partial charge on any atom is 0.268 e. The number of hydrogen-bond donors (Lipinski definition) is 0. The lowest BCUT2D eigenvalue weighted by Crippen LogP contribution is -2.45. The first-order valence-electron chi connectivity index (χ1n) is 11.9. The molecule has 1 aliphatic rings. The number of carbonyl (C=O) groups is 1. The monoisotopic (exact) mass is 483 g/mol. The van der Waals surface area contributed by atoms with E-state index >= 15 is 0 Å². The molecule has 0 aliphatic carbocycles. The van der Waals surface area contributed by atoms with E-state index in [1.54, 1.807) is 17.5 Å². The maximum atomic E-state index is 13.4. The zero-order valence-electron chi connectivity index (χ0n) is 20.5. The number of thiazole rings is 1. The molecule has 178 valence electrons. The largest absolute Gasteiger partial charge is 0.478 e. The van der Waals surface area contributed by atoms with Crippen LogP contribution in [0.1, 0.15) is 45.2 Å². The summed E-state index contributed by atoms with van der Waals surface area (Å²) >= 11 is 1.56. The van der Waals surface area contributed by atoms with Gasteiger partial charge in [0, 0.05) is 17.1 Å². The Labute approximate surface area is 210 Å². The molecule has 2 aromatic carbocycles. The van der Waals surface area contributed by atoms with Crippen molar-refractivity contribution in [2.75, 3.05) is 4.90 Å². The third-order valence-corrected chi connectivity index (χ3v) is 7.14. The van der Waals surface area contributed by atoms with E-state index in [0.717, 1.165) is 39.0 Å². The molecule has 5 nitrogen and oxygen atoms in total. The van der Waals surface area contributed by atoms with Gasteiger partial charge in [-0.2, -0.15) is 0 Å². The van der Waals surface area contributed by atoms with E-state index in [0.29, 0.717) is 13.0 Å². The molecule has 35 heavy (non-hydrogen) atoms. The van der Waals surface area contributed by atoms with Crippen LogP contribution in [0.5, 0.6) is 5.75 Å². The Morgan fingerprint density at radius 2 is 1.83 bits per heavy atom. The minimum absolute atomic E-state index is 0.00972. The van der Waals surface area contributed by atoms with Gasteiger partial charge in [0.05, 0.1) is 23.6 Å². The van der Waals surface area contributed by atoms with Crippen LogP contribution < -0.4 is 9.64 Å². The van der Waals surface area contributed by atoms with Crippen molar-refractivity contribution in [2.24, 2.45) is 0 Å². The van der Waals surface area contributed by atoms with Crippen molar-refractivity contribution < 1.29 is 9.53 Å². The number of amides is 1. The van der Waals surface area contributed by atoms with Crippen LogP contribution in [-0.2, 0) is 16.8 Å². The molecule has 1 atom stereocenters. The average Bonchev–Trinajstić information content (AvgIpc) is 3.36. The fourth-order valence-electron chi connectivity index (χ4n) is 4.21. The summed E-state index contributed by atoms with van der Waals surface area (Å²) in [4.78, 5) is 24.4. The predicted molar refractivity (Wildman–Crippen MR) is 142 cm³/mol. The van der Waals surface area contributed by atoms with Crippen LogP contribution in [0.3, 0.4) is 0 Å². The normalized spacial score (nSPS) is 15.6. The predicted octanol–water partition coefficient (Wildman–Crippen LogP) is 6.87. The summed E-state index contributed by atoms with van der Waals surface area (Å²) in [5.41, 5.74) is 5.89. The summed E-state index contributed by atoms with van der Waals surface area (Å²) in [5.74, 6) is 0.719. The molecular weight excluding hydrogens is 454 g/mol. The number of hydrogen-bond acceptors (Lipinski definition) is 5. The van der Waals surface area contributed by atoms with Gasteiger partial charge in [0.15, 0.2) is 6.10 Å². The van der Waals surface area contributed by atoms with E-state index in [4.69, 9.17) is 9.72 Å². The van der Waals surface area contributed by atoms with E-state index < -0.39 is 6.10 Å². The highest BCUT2D eigenvalue weighted by Gasteiger charge is 2.33. The lowest BCUT2D eigenvalue weighted by Gasteiger charge is -2.34. The van der Waals surface area contributed by atoms with Gasteiger partial charge in [0.1, 0.15) is 10.8 Å². The number of anilines is 1. The first-order chi connectivity index (χ1) is 16.8. The molecule has 0 spiro atoms. The van der Waals surface area contributed by atoms with E-state index in [9.17, 15) is 4.79 Å². The Kier molecular flexibility index (Phi) is 6.15. The highest BCUT2D eigenvalue weighted by molar-refractivity contribution is 7.13. The lowest BCUT2D eigenvalue weighted by atomic mass is 9.86. The van der Waals surface area contributed by atoms with Crippen molar-refractivity contribution >= 4 is 22.9 Å². The molecule has 1 unspecified atom stereocenters. The summed E-state index contributed by atoms with van der Waals surface area (Å²) in [5, 5.41) is 2.90. The maximum absolute atomic E-state index is 13.4. The molecule has 6 heteroatoms. The lowest BCUT2D eigenvalue weighted by molar-refractivity contribution is -0.126. The summed E-state index contributed by atoms with van der Waals surface area (Å²) in [6, 6.07) is 20.3. The van der Waals surface area contributed by atoms with Gasteiger partial charge in [0.2, 0.25) is 0 Å². The number of aromatic nitrogens is 2. The van der Waals surface area contributed by atoms with Crippen molar-refractivity contribution in [3.8, 4) is 27.7 Å². The number of nitrogens with zero attached hydrogens (tertiary/aromatic N) is 3. The molecule has 0 radical (unpaired) electrons. The van der Waals surface area contributed by atoms with Gasteiger partial charge in [-0.05, 0) is 53.3 Å². The minimum atomic E-state index is -0.475. The third kappa shape index (κ3) is 4.71. The molecule has 4 aromatic rings. The van der Waals surface area contributed by atoms with Crippen LogP contribution in [0.15, 0.2) is 72.2 Å². The third-order valence-electron chi connectivity index (χ3n) is 6.28. The highest BCUT2D eigenvalue weighted by Crippen LogP contribution is 2.39. The zero-order chi connectivity index (χ0) is 24.6. The van der Waals surface area contributed by atoms with Crippen molar-refractivity contribution in [3.63, 3.8) is 0 Å². The van der Waals surface area contributed by atoms with Crippen molar-refractivity contribution in [2.45, 2.75) is 52.2 Å². The van der Waals surface area contributed by atoms with Crippen molar-refractivity contribution in [3.05, 3.63) is 83.4 Å². The molecule has 1 aliphatic heterocycles. The molecule has 1 amide bonds. The summed E-state index contributed by atoms with van der Waals surface area (Å²) in [7, 11) is 0. The second kappa shape index (κ2) is 9.27. The number of pyridine rings is 1. The minimum Gasteiger partial charge on any atom is -0.478 e. The molecule has 0 saturated carbocycles. The molecule has 0 fully saturated rings. The van der Waals surface area contributed by atoms with Crippen LogP contribution in [0.25, 0.3) is 22.0 Å². The zero-order valence-corrected chi connectivity index (χ0v) is 21.3. The van der Waals surface area contributed by atoms with Gasteiger partial charge < -0.3 is 9.64 Å². The smallest absolute Gasteiger partial charge is 0.268 e. The van der Waals surface area contributed by atoms with E-state index in [-0.39, 0.29) is 11.3 Å². The standard InChI is InChI=1S/C29H29N3O2S/c1-5-25-28(33)32(17-19-9-12-21(13-10-19)29(2,3)4)24-16-20(11-14-26(24)34-25)23-18-35-27(31-23)22-8-6-7-15-30-22/h6-16,18,25H,5,17H2,1-4H3. The molecule has 3 heterocycles. The molecule has 2 aromatic heterocycles. The molecule has 0 bridgehead atoms. The van der Waals surface area contributed by atoms with E-state index in [2.05, 4.69) is 50.0 Å². The first-order valence-corrected chi connectivity index (χ1v) is 12.8. The van der Waals surface area contributed by atoms with Crippen LogP contribution >= 0.6 is 11.3 Å². The van der Waals surface area contributed by atoms with Gasteiger partial charge in [0.25, 0.3) is 5.91 Å². The van der Waals surface area contributed by atoms with Crippen molar-refractivity contribution in [1.82, 2.24) is 9.97 Å². The fraction of sp³-hybridized carbons (Fsp3) is 0.276. The molecule has 5 rings (SSSR count). The second-order valence-corrected chi connectivity index (χ2v) is 10.7. The van der Waals surface area contributed by atoms with E-state index in [1.807, 2.05) is 53.6 Å². The number of carbonyl (C=O) groups excluding carboxylic acids is 1. The summed E-state index contributed by atoms with van der Waals surface area (Å²) in [6.45, 7) is 9.08. The Morgan fingerprint density at radius 3 is 2.51 bits per heavy atom. The highest BCUT2D eigenvalue weighted by atomic mass is 32.1. The summed E-state index contributed by atoms with van der Waals surface area (Å²) < 4.78 is 6.07. The number of fused-ring (bicyclic) bond motifs is 1. The van der Waals surface area contributed by atoms with Crippen LogP contribution in [0.2, 0.25) is 0 Å². The van der Waals surface area contributed by atoms with Gasteiger partial charge in [-0.1, -0.05) is 58.0 Å². The van der Waals surface area contributed by atoms with E-state index in [1.165, 1.54) is 5.56 Å². The van der Waals surface area contributed by atoms with Gasteiger partial charge in [-0.25, -0.2) is 4.98 Å². The first kappa shape index (κ1) is 23.2. The topological polar surface area (TPSA) is 55.3 Å². The van der Waals surface area contributed by atoms with Crippen LogP contribution in [0, 0.1) is 0 Å². The van der Waals surface area contributed by atoms with Gasteiger partial charge in [-0.3, -0.25) is 9.78 Å². The summed E-state index contributed by atoms with van der Waals surface area (Å²) in [6.07, 6.45) is 1.92. The quantitative estimate of drug-likeness (QED) is 0.311. The van der Waals surface area contributed by atoms with Crippen LogP contribution in [0.4, 0.5) is 5.69 Å². The van der Waals surface area contributed by atoms with Crippen LogP contribution in [-0.4, -0.2) is 22.0 Å². The number of rotatable bonds is 5. The van der Waals surface area contributed by atoms with Gasteiger partial charge >= 0.3 is 0 Å². The Hall–Kier alpha value is -3.51. The van der Waals surface area contributed by atoms with Crippen molar-refractivity contribution in [1.29, 1.82) is 0 Å². The Balaban J connectivity index is 1.48. The second-order valence-electron chi connectivity index (χ2n) is 9.82. The molecule has 0 saturated heterocycles. The average molecular weight is 484 g/mol. The molecule has 0 N–H and O–H groups in total. The molecular formula is C29H29N3O2S. The van der Waals surface area contributed by atoms with Gasteiger partial charge in [-0.15, -0.1) is 11.3 Å². The fourth-order valence-corrected chi connectivity index (χ4v) is 5.02. The SMILES string of the molecule is CCC1Oc2ccc(-c3csc(-c4ccccn4)n3)cc2N(Cc2ccc(C(C)(C)C)cc2)C1=O. The number of ether oxygens (including phenoxy) is 1. The number of benzene rings is 2. The Bertz CT molecular complexity index is 1340. The Morgan fingerprint density at radius 1 is 1.03 bits per heavy atom.